The quantitative estimate of drug-likeness (QED) is 0.836. The summed E-state index contributed by atoms with van der Waals surface area (Å²) in [7, 11) is 0. The van der Waals surface area contributed by atoms with Crippen LogP contribution in [0.2, 0.25) is 5.02 Å². The number of ether oxygens (including phenoxy) is 1. The summed E-state index contributed by atoms with van der Waals surface area (Å²) < 4.78 is 4.84. The Morgan fingerprint density at radius 1 is 1.40 bits per heavy atom. The summed E-state index contributed by atoms with van der Waals surface area (Å²) >= 11 is 6.02. The molecule has 0 aliphatic rings. The number of carboxylic acids is 1. The predicted octanol–water partition coefficient (Wildman–Crippen LogP) is 2.00. The van der Waals surface area contributed by atoms with E-state index in [9.17, 15) is 14.7 Å². The number of nitrogens with one attached hydrogen (secondary N) is 1. The molecule has 1 aromatic heterocycles. The summed E-state index contributed by atoms with van der Waals surface area (Å²) in [5, 5.41) is 19.1. The molecule has 0 aliphatic carbocycles. The number of esters is 1. The molecule has 2 rings (SSSR count). The van der Waals surface area contributed by atoms with Crippen molar-refractivity contribution < 1.29 is 19.4 Å². The second kappa shape index (κ2) is 5.70. The van der Waals surface area contributed by atoms with E-state index in [2.05, 4.69) is 15.4 Å². The van der Waals surface area contributed by atoms with Crippen molar-refractivity contribution in [1.82, 2.24) is 15.4 Å². The van der Waals surface area contributed by atoms with Crippen molar-refractivity contribution in [3.63, 3.8) is 0 Å². The van der Waals surface area contributed by atoms with Gasteiger partial charge in [0, 0.05) is 5.56 Å². The molecule has 0 unspecified atom stereocenters. The van der Waals surface area contributed by atoms with Gasteiger partial charge in [0.25, 0.3) is 0 Å². The monoisotopic (exact) mass is 295 g/mol. The Morgan fingerprint density at radius 2 is 2.15 bits per heavy atom. The molecule has 7 nitrogen and oxygen atoms in total. The first-order chi connectivity index (χ1) is 9.56. The Kier molecular flexibility index (Phi) is 3.99. The molecule has 104 valence electrons. The average Bonchev–Trinajstić information content (AvgIpc) is 2.87. The minimum atomic E-state index is -1.18. The van der Waals surface area contributed by atoms with Gasteiger partial charge in [-0.05, 0) is 19.1 Å². The van der Waals surface area contributed by atoms with Crippen LogP contribution in [0.25, 0.3) is 11.3 Å². The van der Waals surface area contributed by atoms with Gasteiger partial charge in [-0.1, -0.05) is 17.7 Å². The van der Waals surface area contributed by atoms with Crippen molar-refractivity contribution >= 4 is 23.5 Å². The lowest BCUT2D eigenvalue weighted by Crippen LogP contribution is -2.08. The molecule has 0 bridgehead atoms. The predicted molar refractivity (Wildman–Crippen MR) is 69.7 cm³/mol. The highest BCUT2D eigenvalue weighted by atomic mass is 35.5. The molecule has 1 aromatic carbocycles. The highest BCUT2D eigenvalue weighted by Gasteiger charge is 2.25. The van der Waals surface area contributed by atoms with E-state index in [1.807, 2.05) is 0 Å². The minimum Gasteiger partial charge on any atom is -0.478 e. The van der Waals surface area contributed by atoms with Crippen LogP contribution in [0.15, 0.2) is 18.2 Å². The summed E-state index contributed by atoms with van der Waals surface area (Å²) in [6.07, 6.45) is 0. The first-order valence-corrected chi connectivity index (χ1v) is 6.04. The summed E-state index contributed by atoms with van der Waals surface area (Å²) in [4.78, 5) is 23.0. The number of hydrogen-bond donors (Lipinski definition) is 2. The topological polar surface area (TPSA) is 105 Å². The van der Waals surface area contributed by atoms with Crippen molar-refractivity contribution in [2.24, 2.45) is 0 Å². The van der Waals surface area contributed by atoms with Gasteiger partial charge in [0.2, 0.25) is 0 Å². The third-order valence-corrected chi connectivity index (χ3v) is 2.81. The van der Waals surface area contributed by atoms with E-state index in [0.717, 1.165) is 0 Å². The molecule has 8 heteroatoms. The molecule has 0 radical (unpaired) electrons. The number of carboxylic acid groups (broad SMARTS) is 1. The van der Waals surface area contributed by atoms with Crippen molar-refractivity contribution in [3.05, 3.63) is 34.5 Å². The zero-order valence-electron chi connectivity index (χ0n) is 10.4. The Labute approximate surface area is 118 Å². The molecule has 0 fully saturated rings. The third-order valence-electron chi connectivity index (χ3n) is 2.50. The lowest BCUT2D eigenvalue weighted by atomic mass is 10.0. The second-order valence-corrected chi connectivity index (χ2v) is 4.12. The Morgan fingerprint density at radius 3 is 2.80 bits per heavy atom. The third kappa shape index (κ3) is 2.48. The normalized spacial score (nSPS) is 10.3. The standard InChI is InChI=1S/C12H10ClN3O4/c1-2-20-12(19)10-9(14-16-15-10)8-6(11(17)18)4-3-5-7(8)13/h3-5H,2H2,1H3,(H,17,18)(H,14,15,16). The first-order valence-electron chi connectivity index (χ1n) is 5.66. The SMILES string of the molecule is CCOC(=O)c1n[nH]nc1-c1c(Cl)cccc1C(=O)O. The van der Waals surface area contributed by atoms with E-state index in [1.165, 1.54) is 18.2 Å². The van der Waals surface area contributed by atoms with Gasteiger partial charge in [-0.25, -0.2) is 9.59 Å². The number of nitrogens with zero attached hydrogens (tertiary/aromatic N) is 2. The molecule has 0 amide bonds. The number of aromatic carboxylic acids is 1. The molecular weight excluding hydrogens is 286 g/mol. The van der Waals surface area contributed by atoms with Crippen LogP contribution >= 0.6 is 11.6 Å². The van der Waals surface area contributed by atoms with Crippen molar-refractivity contribution in [2.75, 3.05) is 6.61 Å². The van der Waals surface area contributed by atoms with Crippen LogP contribution in [-0.2, 0) is 4.74 Å². The van der Waals surface area contributed by atoms with E-state index in [-0.39, 0.29) is 34.1 Å². The van der Waals surface area contributed by atoms with E-state index in [1.54, 1.807) is 6.92 Å². The number of benzene rings is 1. The molecule has 0 saturated carbocycles. The second-order valence-electron chi connectivity index (χ2n) is 3.71. The van der Waals surface area contributed by atoms with Gasteiger partial charge in [0.1, 0.15) is 5.69 Å². The highest BCUT2D eigenvalue weighted by molar-refractivity contribution is 6.34. The molecule has 0 saturated heterocycles. The number of halogens is 1. The maximum Gasteiger partial charge on any atom is 0.361 e. The summed E-state index contributed by atoms with van der Waals surface area (Å²) in [6, 6.07) is 4.37. The van der Waals surface area contributed by atoms with E-state index < -0.39 is 11.9 Å². The maximum absolute atomic E-state index is 11.8. The van der Waals surface area contributed by atoms with E-state index >= 15 is 0 Å². The molecule has 1 heterocycles. The molecule has 20 heavy (non-hydrogen) atoms. The number of aromatic amines is 1. The highest BCUT2D eigenvalue weighted by Crippen LogP contribution is 2.31. The van der Waals surface area contributed by atoms with Crippen molar-refractivity contribution in [2.45, 2.75) is 6.92 Å². The molecule has 2 aromatic rings. The fourth-order valence-electron chi connectivity index (χ4n) is 1.69. The lowest BCUT2D eigenvalue weighted by Gasteiger charge is -2.06. The van der Waals surface area contributed by atoms with Crippen molar-refractivity contribution in [3.8, 4) is 11.3 Å². The zero-order valence-corrected chi connectivity index (χ0v) is 11.1. The number of hydrogen-bond acceptors (Lipinski definition) is 5. The van der Waals surface area contributed by atoms with Crippen LogP contribution in [0.4, 0.5) is 0 Å². The number of H-pyrrole nitrogens is 1. The smallest absolute Gasteiger partial charge is 0.361 e. The van der Waals surface area contributed by atoms with Crippen LogP contribution < -0.4 is 0 Å². The Hall–Kier alpha value is -2.41. The van der Waals surface area contributed by atoms with Gasteiger partial charge < -0.3 is 9.84 Å². The number of rotatable bonds is 4. The van der Waals surface area contributed by atoms with Crippen LogP contribution in [0.3, 0.4) is 0 Å². The fourth-order valence-corrected chi connectivity index (χ4v) is 1.95. The van der Waals surface area contributed by atoms with Crippen LogP contribution in [-0.4, -0.2) is 39.1 Å². The van der Waals surface area contributed by atoms with Crippen molar-refractivity contribution in [1.29, 1.82) is 0 Å². The number of carbonyl (C=O) groups is 2. The first kappa shape index (κ1) is 14.0. The fraction of sp³-hybridized carbons (Fsp3) is 0.167. The lowest BCUT2D eigenvalue weighted by molar-refractivity contribution is 0.0519. The van der Waals surface area contributed by atoms with Gasteiger partial charge in [-0.2, -0.15) is 10.3 Å². The Bertz CT molecular complexity index is 668. The van der Waals surface area contributed by atoms with E-state index in [4.69, 9.17) is 16.3 Å². The van der Waals surface area contributed by atoms with Crippen LogP contribution in [0, 0.1) is 0 Å². The van der Waals surface area contributed by atoms with Gasteiger partial charge in [-0.3, -0.25) is 0 Å². The minimum absolute atomic E-state index is 0.0476. The molecule has 0 spiro atoms. The average molecular weight is 296 g/mol. The van der Waals surface area contributed by atoms with E-state index in [0.29, 0.717) is 0 Å². The van der Waals surface area contributed by atoms with Crippen LogP contribution in [0.5, 0.6) is 0 Å². The van der Waals surface area contributed by atoms with Gasteiger partial charge in [0.15, 0.2) is 5.69 Å². The largest absolute Gasteiger partial charge is 0.478 e. The Balaban J connectivity index is 2.61. The molecule has 0 atom stereocenters. The summed E-state index contributed by atoms with van der Waals surface area (Å²) in [5.41, 5.74) is -0.00989. The van der Waals surface area contributed by atoms with Crippen LogP contribution in [0.1, 0.15) is 27.8 Å². The summed E-state index contributed by atoms with van der Waals surface area (Å²) in [5.74, 6) is -1.88. The van der Waals surface area contributed by atoms with Gasteiger partial charge >= 0.3 is 11.9 Å². The maximum atomic E-state index is 11.8. The summed E-state index contributed by atoms with van der Waals surface area (Å²) in [6.45, 7) is 1.81. The van der Waals surface area contributed by atoms with Gasteiger partial charge in [-0.15, -0.1) is 5.10 Å². The molecule has 0 aliphatic heterocycles. The molecular formula is C12H10ClN3O4. The number of aromatic nitrogens is 3. The number of carbonyl (C=O) groups excluding carboxylic acids is 1. The zero-order chi connectivity index (χ0) is 14.7. The molecule has 2 N–H and O–H groups in total. The van der Waals surface area contributed by atoms with Gasteiger partial charge in [0.05, 0.1) is 17.2 Å².